The predicted molar refractivity (Wildman–Crippen MR) is 49.8 cm³/mol. The number of aliphatic hydroxyl groups excluding tert-OH is 1. The lowest BCUT2D eigenvalue weighted by molar-refractivity contribution is 0.150. The van der Waals surface area contributed by atoms with Gasteiger partial charge in [-0.1, -0.05) is 30.3 Å². The number of nitrogens with zero attached hydrogens (tertiary/aromatic N) is 2. The van der Waals surface area contributed by atoms with E-state index in [0.29, 0.717) is 0 Å². The predicted octanol–water partition coefficient (Wildman–Crippen LogP) is 1.33. The quantitative estimate of drug-likeness (QED) is 0.561. The smallest absolute Gasteiger partial charge is 0.0979 e. The molecule has 0 spiro atoms. The third kappa shape index (κ3) is 2.26. The highest BCUT2D eigenvalue weighted by molar-refractivity contribution is 5.18. The summed E-state index contributed by atoms with van der Waals surface area (Å²) in [6.45, 7) is -0.119. The Hall–Kier alpha value is -1.42. The van der Waals surface area contributed by atoms with E-state index in [-0.39, 0.29) is 12.6 Å². The molecule has 0 aliphatic heterocycles. The summed E-state index contributed by atoms with van der Waals surface area (Å²) < 4.78 is 0. The molecule has 1 atom stereocenters. The average molecular weight is 180 g/mol. The fourth-order valence-corrected chi connectivity index (χ4v) is 1.17. The molecule has 1 rings (SSSR count). The number of hydrogen-bond acceptors (Lipinski definition) is 3. The van der Waals surface area contributed by atoms with Crippen molar-refractivity contribution < 1.29 is 5.11 Å². The average Bonchev–Trinajstić information content (AvgIpc) is 2.20. The topological polar surface area (TPSA) is 52.9 Å². The van der Waals surface area contributed by atoms with Crippen LogP contribution in [0.3, 0.4) is 0 Å². The van der Waals surface area contributed by atoms with Crippen LogP contribution in [0.5, 0.6) is 0 Å². The van der Waals surface area contributed by atoms with E-state index in [1.165, 1.54) is 5.01 Å². The first-order valence-corrected chi connectivity index (χ1v) is 4.01. The molecule has 0 saturated heterocycles. The van der Waals surface area contributed by atoms with Crippen LogP contribution >= 0.6 is 0 Å². The molecule has 0 heterocycles. The summed E-state index contributed by atoms with van der Waals surface area (Å²) in [6, 6.07) is 8.95. The van der Waals surface area contributed by atoms with E-state index in [9.17, 15) is 4.91 Å². The van der Waals surface area contributed by atoms with E-state index < -0.39 is 0 Å². The molecule has 1 aromatic rings. The Labute approximate surface area is 76.7 Å². The van der Waals surface area contributed by atoms with Gasteiger partial charge in [-0.3, -0.25) is 5.01 Å². The molecule has 13 heavy (non-hydrogen) atoms. The molecule has 0 unspecified atom stereocenters. The number of benzene rings is 1. The van der Waals surface area contributed by atoms with Gasteiger partial charge in [0.25, 0.3) is 0 Å². The highest BCUT2D eigenvalue weighted by Crippen LogP contribution is 2.17. The summed E-state index contributed by atoms with van der Waals surface area (Å²) in [5, 5.41) is 13.0. The Morgan fingerprint density at radius 1 is 1.46 bits per heavy atom. The van der Waals surface area contributed by atoms with E-state index in [0.717, 1.165) is 5.56 Å². The molecule has 0 aliphatic rings. The molecule has 1 N–H and O–H groups in total. The van der Waals surface area contributed by atoms with Gasteiger partial charge >= 0.3 is 0 Å². The second kappa shape index (κ2) is 4.57. The molecule has 0 fully saturated rings. The van der Waals surface area contributed by atoms with Gasteiger partial charge in [0, 0.05) is 7.05 Å². The van der Waals surface area contributed by atoms with E-state index in [1.54, 1.807) is 7.05 Å². The van der Waals surface area contributed by atoms with Crippen LogP contribution in [0.4, 0.5) is 0 Å². The van der Waals surface area contributed by atoms with Crippen molar-refractivity contribution in [3.63, 3.8) is 0 Å². The number of hydrogen-bond donors (Lipinski definition) is 1. The Morgan fingerprint density at radius 2 is 2.08 bits per heavy atom. The van der Waals surface area contributed by atoms with Crippen molar-refractivity contribution in [2.24, 2.45) is 5.29 Å². The Bertz CT molecular complexity index is 264. The molecule has 0 bridgehead atoms. The molecule has 0 aromatic heterocycles. The summed E-state index contributed by atoms with van der Waals surface area (Å²) in [4.78, 5) is 10.2. The van der Waals surface area contributed by atoms with Gasteiger partial charge in [0.2, 0.25) is 0 Å². The van der Waals surface area contributed by atoms with Crippen LogP contribution in [0, 0.1) is 4.91 Å². The van der Waals surface area contributed by atoms with Gasteiger partial charge in [-0.2, -0.15) is 0 Å². The number of rotatable bonds is 4. The summed E-state index contributed by atoms with van der Waals surface area (Å²) in [5.74, 6) is 0. The van der Waals surface area contributed by atoms with Gasteiger partial charge in [-0.15, -0.1) is 4.91 Å². The monoisotopic (exact) mass is 180 g/mol. The van der Waals surface area contributed by atoms with Crippen LogP contribution in [-0.4, -0.2) is 23.8 Å². The lowest BCUT2D eigenvalue weighted by Crippen LogP contribution is -2.21. The second-order valence-electron chi connectivity index (χ2n) is 2.76. The third-order valence-electron chi connectivity index (χ3n) is 1.94. The number of nitroso groups, excluding NO2 is 1. The minimum Gasteiger partial charge on any atom is -0.394 e. The highest BCUT2D eigenvalue weighted by atomic mass is 16.3. The fraction of sp³-hybridized carbons (Fsp3) is 0.333. The second-order valence-corrected chi connectivity index (χ2v) is 2.76. The number of likely N-dealkylation sites (N-methyl/N-ethyl adjacent to an activating group) is 1. The van der Waals surface area contributed by atoms with Gasteiger partial charge in [0.15, 0.2) is 0 Å². The van der Waals surface area contributed by atoms with E-state index >= 15 is 0 Å². The van der Waals surface area contributed by atoms with E-state index in [1.807, 2.05) is 30.3 Å². The zero-order chi connectivity index (χ0) is 9.68. The van der Waals surface area contributed by atoms with Crippen LogP contribution in [0.2, 0.25) is 0 Å². The van der Waals surface area contributed by atoms with Crippen molar-refractivity contribution in [3.8, 4) is 0 Å². The number of aliphatic hydroxyl groups is 1. The largest absolute Gasteiger partial charge is 0.394 e. The summed E-state index contributed by atoms with van der Waals surface area (Å²) in [5.41, 5.74) is 0.882. The minimum absolute atomic E-state index is 0.119. The third-order valence-corrected chi connectivity index (χ3v) is 1.94. The first-order chi connectivity index (χ1) is 6.29. The molecule has 0 radical (unpaired) electrons. The first kappa shape index (κ1) is 9.67. The maximum absolute atomic E-state index is 10.2. The van der Waals surface area contributed by atoms with Gasteiger partial charge < -0.3 is 5.11 Å². The van der Waals surface area contributed by atoms with E-state index in [2.05, 4.69) is 5.29 Å². The Balaban J connectivity index is 2.84. The summed E-state index contributed by atoms with van der Waals surface area (Å²) in [6.07, 6.45) is 0. The lowest BCUT2D eigenvalue weighted by Gasteiger charge is -2.20. The standard InChI is InChI=1S/C9H12N2O2/c1-11(10-13)9(7-12)8-5-3-2-4-6-8/h2-6,9,12H,7H2,1H3/t9-/m0/s1. The Kier molecular flexibility index (Phi) is 3.40. The SMILES string of the molecule is CN(N=O)[C@@H](CO)c1ccccc1. The van der Waals surface area contributed by atoms with Crippen molar-refractivity contribution in [2.75, 3.05) is 13.7 Å². The summed E-state index contributed by atoms with van der Waals surface area (Å²) >= 11 is 0. The highest BCUT2D eigenvalue weighted by Gasteiger charge is 2.14. The van der Waals surface area contributed by atoms with Crippen molar-refractivity contribution in [3.05, 3.63) is 40.8 Å². The lowest BCUT2D eigenvalue weighted by atomic mass is 10.1. The fourth-order valence-electron chi connectivity index (χ4n) is 1.17. The van der Waals surface area contributed by atoms with Crippen molar-refractivity contribution in [1.29, 1.82) is 0 Å². The van der Waals surface area contributed by atoms with Crippen LogP contribution < -0.4 is 0 Å². The van der Waals surface area contributed by atoms with E-state index in [4.69, 9.17) is 5.11 Å². The van der Waals surface area contributed by atoms with Crippen molar-refractivity contribution in [2.45, 2.75) is 6.04 Å². The molecule has 70 valence electrons. The molecule has 4 nitrogen and oxygen atoms in total. The first-order valence-electron chi connectivity index (χ1n) is 4.01. The molecule has 4 heteroatoms. The Morgan fingerprint density at radius 3 is 2.54 bits per heavy atom. The van der Waals surface area contributed by atoms with Crippen molar-refractivity contribution in [1.82, 2.24) is 5.01 Å². The molecule has 0 saturated carbocycles. The van der Waals surface area contributed by atoms with Crippen molar-refractivity contribution >= 4 is 0 Å². The minimum atomic E-state index is -0.348. The molecular weight excluding hydrogens is 168 g/mol. The molecule has 1 aromatic carbocycles. The van der Waals surface area contributed by atoms with Gasteiger partial charge in [-0.25, -0.2) is 0 Å². The van der Waals surface area contributed by atoms with Crippen LogP contribution in [0.15, 0.2) is 35.6 Å². The zero-order valence-electron chi connectivity index (χ0n) is 7.42. The van der Waals surface area contributed by atoms with Gasteiger partial charge in [-0.05, 0) is 5.56 Å². The summed E-state index contributed by atoms with van der Waals surface area (Å²) in [7, 11) is 1.54. The zero-order valence-corrected chi connectivity index (χ0v) is 7.42. The van der Waals surface area contributed by atoms with Crippen LogP contribution in [0.1, 0.15) is 11.6 Å². The molecule has 0 aliphatic carbocycles. The molecule has 0 amide bonds. The van der Waals surface area contributed by atoms with Crippen LogP contribution in [0.25, 0.3) is 0 Å². The maximum Gasteiger partial charge on any atom is 0.0979 e. The molecular formula is C9H12N2O2. The normalized spacial score (nSPS) is 12.2. The van der Waals surface area contributed by atoms with Gasteiger partial charge in [0.05, 0.1) is 17.9 Å². The van der Waals surface area contributed by atoms with Gasteiger partial charge in [0.1, 0.15) is 0 Å². The maximum atomic E-state index is 10.2. The van der Waals surface area contributed by atoms with Crippen LogP contribution in [-0.2, 0) is 0 Å².